The molecule has 3 aliphatic carbocycles. The van der Waals surface area contributed by atoms with E-state index >= 15 is 0 Å². The molecule has 6 rings (SSSR count). The first-order valence-corrected chi connectivity index (χ1v) is 13.7. The number of rotatable bonds is 10. The minimum absolute atomic E-state index is 0.112. The maximum Gasteiger partial charge on any atom is 0.317 e. The standard InChI is InChI=1S/C31H29F3N2O7/c1-41-21-6-2-19(3-7-21)17-42-27-24(32)16-23(25(33)26(27)34)28(37)35-18-30-10-13-31(14-11-30,15-12-30)29(38)43-22-8-4-20(5-9-22)36(39)40/h2-9,16H,10-15,17-18H2,1H3,(H,35,37). The smallest absolute Gasteiger partial charge is 0.317 e. The Kier molecular flexibility index (Phi) is 8.30. The summed E-state index contributed by atoms with van der Waals surface area (Å²) >= 11 is 0. The van der Waals surface area contributed by atoms with E-state index < -0.39 is 51.0 Å². The summed E-state index contributed by atoms with van der Waals surface area (Å²) in [6, 6.07) is 12.5. The molecule has 0 aromatic heterocycles. The number of ether oxygens (including phenoxy) is 3. The minimum Gasteiger partial charge on any atom is -0.497 e. The van der Waals surface area contributed by atoms with Crippen molar-refractivity contribution >= 4 is 17.6 Å². The number of hydrogen-bond acceptors (Lipinski definition) is 7. The van der Waals surface area contributed by atoms with Crippen LogP contribution in [0.2, 0.25) is 0 Å². The monoisotopic (exact) mass is 598 g/mol. The molecule has 0 atom stereocenters. The van der Waals surface area contributed by atoms with E-state index in [2.05, 4.69) is 5.32 Å². The maximum absolute atomic E-state index is 14.9. The molecule has 0 aliphatic heterocycles. The molecule has 3 saturated carbocycles. The van der Waals surface area contributed by atoms with Gasteiger partial charge in [-0.3, -0.25) is 19.7 Å². The van der Waals surface area contributed by atoms with Gasteiger partial charge in [0.15, 0.2) is 17.4 Å². The Morgan fingerprint density at radius 3 is 2.09 bits per heavy atom. The third kappa shape index (κ3) is 6.13. The molecule has 0 spiro atoms. The summed E-state index contributed by atoms with van der Waals surface area (Å²) in [6.45, 7) is -0.0774. The molecule has 226 valence electrons. The predicted octanol–water partition coefficient (Wildman–Crippen LogP) is 6.28. The molecule has 0 radical (unpaired) electrons. The fourth-order valence-corrected chi connectivity index (χ4v) is 5.80. The van der Waals surface area contributed by atoms with Gasteiger partial charge >= 0.3 is 5.97 Å². The van der Waals surface area contributed by atoms with E-state index in [0.717, 1.165) is 0 Å². The lowest BCUT2D eigenvalue weighted by Gasteiger charge is -2.51. The fraction of sp³-hybridized carbons (Fsp3) is 0.355. The number of amides is 1. The predicted molar refractivity (Wildman–Crippen MR) is 147 cm³/mol. The molecular weight excluding hydrogens is 569 g/mol. The molecule has 9 nitrogen and oxygen atoms in total. The highest BCUT2D eigenvalue weighted by atomic mass is 19.2. The van der Waals surface area contributed by atoms with Crippen LogP contribution in [0.3, 0.4) is 0 Å². The molecule has 1 amide bonds. The molecule has 0 unspecified atom stereocenters. The van der Waals surface area contributed by atoms with Crippen molar-refractivity contribution in [2.24, 2.45) is 10.8 Å². The van der Waals surface area contributed by atoms with Gasteiger partial charge in [-0.1, -0.05) is 12.1 Å². The summed E-state index contributed by atoms with van der Waals surface area (Å²) in [5.74, 6) is -5.78. The van der Waals surface area contributed by atoms with Gasteiger partial charge in [0.05, 0.1) is 23.0 Å². The van der Waals surface area contributed by atoms with Crippen LogP contribution in [0.1, 0.15) is 54.4 Å². The number of carbonyl (C=O) groups is 2. The fourth-order valence-electron chi connectivity index (χ4n) is 5.80. The van der Waals surface area contributed by atoms with Crippen molar-refractivity contribution in [1.29, 1.82) is 0 Å². The lowest BCUT2D eigenvalue weighted by molar-refractivity contribution is -0.384. The van der Waals surface area contributed by atoms with Crippen molar-refractivity contribution in [3.63, 3.8) is 0 Å². The molecule has 2 bridgehead atoms. The van der Waals surface area contributed by atoms with Crippen molar-refractivity contribution in [2.45, 2.75) is 45.1 Å². The second-order valence-corrected chi connectivity index (χ2v) is 11.1. The molecule has 0 saturated heterocycles. The highest BCUT2D eigenvalue weighted by Gasteiger charge is 2.53. The van der Waals surface area contributed by atoms with E-state index in [0.29, 0.717) is 55.9 Å². The Morgan fingerprint density at radius 1 is 0.907 bits per heavy atom. The van der Waals surface area contributed by atoms with Crippen LogP contribution >= 0.6 is 0 Å². The van der Waals surface area contributed by atoms with E-state index in [9.17, 15) is 32.9 Å². The van der Waals surface area contributed by atoms with Crippen molar-refractivity contribution in [2.75, 3.05) is 13.7 Å². The third-order valence-corrected chi connectivity index (χ3v) is 8.62. The number of methoxy groups -OCH3 is 1. The van der Waals surface area contributed by atoms with E-state index in [1.807, 2.05) is 0 Å². The Labute approximate surface area is 245 Å². The van der Waals surface area contributed by atoms with Crippen LogP contribution in [0.4, 0.5) is 18.9 Å². The van der Waals surface area contributed by atoms with Gasteiger partial charge in [0, 0.05) is 18.7 Å². The van der Waals surface area contributed by atoms with E-state index in [-0.39, 0.29) is 30.0 Å². The van der Waals surface area contributed by atoms with Crippen LogP contribution in [0, 0.1) is 38.4 Å². The summed E-state index contributed by atoms with van der Waals surface area (Å²) in [7, 11) is 1.50. The molecular formula is C31H29F3N2O7. The Hall–Kier alpha value is -4.61. The van der Waals surface area contributed by atoms with Crippen LogP contribution < -0.4 is 19.5 Å². The number of halogens is 3. The SMILES string of the molecule is COc1ccc(COc2c(F)cc(C(=O)NCC34CCC(C(=O)Oc5ccc([N+](=O)[O-])cc5)(CC3)CC4)c(F)c2F)cc1. The van der Waals surface area contributed by atoms with Crippen LogP contribution in [-0.2, 0) is 11.4 Å². The Balaban J connectivity index is 1.17. The number of nitro groups is 1. The number of nitrogens with zero attached hydrogens (tertiary/aromatic N) is 1. The number of nitro benzene ring substituents is 1. The Morgan fingerprint density at radius 2 is 1.51 bits per heavy atom. The van der Waals surface area contributed by atoms with Gasteiger partial charge in [0.2, 0.25) is 5.82 Å². The van der Waals surface area contributed by atoms with Gasteiger partial charge < -0.3 is 19.5 Å². The molecule has 3 aromatic carbocycles. The summed E-state index contributed by atoms with van der Waals surface area (Å²) in [5, 5.41) is 13.5. The number of fused-ring (bicyclic) bond motifs is 3. The normalized spacial score (nSPS) is 20.7. The van der Waals surface area contributed by atoms with Crippen molar-refractivity contribution in [3.8, 4) is 17.2 Å². The van der Waals surface area contributed by atoms with Gasteiger partial charge in [-0.25, -0.2) is 8.78 Å². The number of carbonyl (C=O) groups excluding carboxylic acids is 2. The van der Waals surface area contributed by atoms with Gasteiger partial charge in [-0.2, -0.15) is 4.39 Å². The first-order chi connectivity index (χ1) is 20.5. The van der Waals surface area contributed by atoms with Crippen LogP contribution in [0.5, 0.6) is 17.2 Å². The van der Waals surface area contributed by atoms with Crippen LogP contribution in [-0.4, -0.2) is 30.5 Å². The second kappa shape index (κ2) is 11.9. The van der Waals surface area contributed by atoms with Crippen LogP contribution in [0.25, 0.3) is 0 Å². The average molecular weight is 599 g/mol. The zero-order chi connectivity index (χ0) is 30.8. The molecule has 3 fully saturated rings. The highest BCUT2D eigenvalue weighted by Crippen LogP contribution is 2.57. The Bertz CT molecular complexity index is 1520. The van der Waals surface area contributed by atoms with E-state index in [1.165, 1.54) is 31.4 Å². The van der Waals surface area contributed by atoms with E-state index in [4.69, 9.17) is 14.2 Å². The minimum atomic E-state index is -1.59. The maximum atomic E-state index is 14.9. The highest BCUT2D eigenvalue weighted by molar-refractivity contribution is 5.94. The molecule has 43 heavy (non-hydrogen) atoms. The first kappa shape index (κ1) is 29.9. The molecule has 1 N–H and O–H groups in total. The molecule has 0 heterocycles. The number of nitrogens with one attached hydrogen (secondary N) is 1. The molecule has 3 aliphatic rings. The molecule has 3 aromatic rings. The summed E-state index contributed by atoms with van der Waals surface area (Å²) < 4.78 is 60.1. The van der Waals surface area contributed by atoms with Gasteiger partial charge in [-0.05, 0) is 79.8 Å². The van der Waals surface area contributed by atoms with Gasteiger partial charge in [0.1, 0.15) is 18.1 Å². The lowest BCUT2D eigenvalue weighted by Crippen LogP contribution is -2.51. The van der Waals surface area contributed by atoms with Crippen molar-refractivity contribution < 1.29 is 41.9 Å². The van der Waals surface area contributed by atoms with Crippen molar-refractivity contribution in [3.05, 3.63) is 93.3 Å². The zero-order valence-corrected chi connectivity index (χ0v) is 23.3. The zero-order valence-electron chi connectivity index (χ0n) is 23.3. The lowest BCUT2D eigenvalue weighted by atomic mass is 9.53. The largest absolute Gasteiger partial charge is 0.497 e. The van der Waals surface area contributed by atoms with Crippen molar-refractivity contribution in [1.82, 2.24) is 5.32 Å². The quantitative estimate of drug-likeness (QED) is 0.0960. The van der Waals surface area contributed by atoms with Gasteiger partial charge in [-0.15, -0.1) is 0 Å². The third-order valence-electron chi connectivity index (χ3n) is 8.62. The second-order valence-electron chi connectivity index (χ2n) is 11.1. The average Bonchev–Trinajstić information content (AvgIpc) is 3.03. The van der Waals surface area contributed by atoms with Gasteiger partial charge in [0.25, 0.3) is 11.6 Å². The summed E-state index contributed by atoms with van der Waals surface area (Å²) in [6.07, 6.45) is 3.29. The summed E-state index contributed by atoms with van der Waals surface area (Å²) in [5.41, 5.74) is -1.35. The number of esters is 1. The number of hydrogen-bond donors (Lipinski definition) is 1. The molecule has 12 heteroatoms. The number of benzene rings is 3. The number of non-ortho nitro benzene ring substituents is 1. The topological polar surface area (TPSA) is 117 Å². The van der Waals surface area contributed by atoms with E-state index in [1.54, 1.807) is 24.3 Å². The van der Waals surface area contributed by atoms with Crippen LogP contribution in [0.15, 0.2) is 54.6 Å². The first-order valence-electron chi connectivity index (χ1n) is 13.7. The summed E-state index contributed by atoms with van der Waals surface area (Å²) in [4.78, 5) is 36.2.